The van der Waals surface area contributed by atoms with Crippen LogP contribution >= 0.6 is 0 Å². The van der Waals surface area contributed by atoms with Crippen LogP contribution in [-0.4, -0.2) is 30.5 Å². The Kier molecular flexibility index (Phi) is 5.31. The van der Waals surface area contributed by atoms with E-state index in [2.05, 4.69) is 67.3 Å². The number of nitrogens with zero attached hydrogens (tertiary/aromatic N) is 2. The van der Waals surface area contributed by atoms with Crippen molar-refractivity contribution in [3.05, 3.63) is 65.5 Å². The number of benzene rings is 1. The highest BCUT2D eigenvalue weighted by Gasteiger charge is 2.15. The van der Waals surface area contributed by atoms with Crippen LogP contribution < -0.4 is 0 Å². The molecule has 106 valence electrons. The minimum Gasteiger partial charge on any atom is -0.309 e. The normalized spacial score (nSPS) is 12.6. The van der Waals surface area contributed by atoms with Crippen LogP contribution in [0.5, 0.6) is 0 Å². The summed E-state index contributed by atoms with van der Waals surface area (Å²) >= 11 is 0. The van der Waals surface area contributed by atoms with Gasteiger partial charge >= 0.3 is 0 Å². The van der Waals surface area contributed by atoms with Crippen LogP contribution in [0.4, 0.5) is 0 Å². The van der Waals surface area contributed by atoms with Crippen LogP contribution in [0.2, 0.25) is 0 Å². The number of rotatable bonds is 6. The SMILES string of the molecule is CCc1ccc([C@H](CCN(C)C)c2ccccn2)cc1. The minimum absolute atomic E-state index is 0.379. The van der Waals surface area contributed by atoms with Crippen LogP contribution in [0, 0.1) is 0 Å². The topological polar surface area (TPSA) is 16.1 Å². The highest BCUT2D eigenvalue weighted by molar-refractivity contribution is 5.31. The Morgan fingerprint density at radius 2 is 1.80 bits per heavy atom. The first kappa shape index (κ1) is 14.7. The summed E-state index contributed by atoms with van der Waals surface area (Å²) in [6, 6.07) is 15.2. The van der Waals surface area contributed by atoms with E-state index in [0.29, 0.717) is 5.92 Å². The molecule has 0 fully saturated rings. The number of pyridine rings is 1. The van der Waals surface area contributed by atoms with Gasteiger partial charge in [-0.15, -0.1) is 0 Å². The Labute approximate surface area is 122 Å². The van der Waals surface area contributed by atoms with Crippen molar-refractivity contribution < 1.29 is 0 Å². The Bertz CT molecular complexity index is 503. The fourth-order valence-corrected chi connectivity index (χ4v) is 2.44. The van der Waals surface area contributed by atoms with Gasteiger partial charge < -0.3 is 4.90 Å². The molecule has 0 aliphatic rings. The quantitative estimate of drug-likeness (QED) is 0.793. The van der Waals surface area contributed by atoms with E-state index < -0.39 is 0 Å². The van der Waals surface area contributed by atoms with E-state index >= 15 is 0 Å². The molecule has 0 bridgehead atoms. The molecule has 2 heteroatoms. The van der Waals surface area contributed by atoms with E-state index in [1.54, 1.807) is 0 Å². The van der Waals surface area contributed by atoms with Crippen molar-refractivity contribution in [2.75, 3.05) is 20.6 Å². The maximum Gasteiger partial charge on any atom is 0.0478 e. The Morgan fingerprint density at radius 3 is 2.35 bits per heavy atom. The second kappa shape index (κ2) is 7.20. The number of hydrogen-bond donors (Lipinski definition) is 0. The van der Waals surface area contributed by atoms with Crippen molar-refractivity contribution in [3.63, 3.8) is 0 Å². The van der Waals surface area contributed by atoms with Gasteiger partial charge in [0.15, 0.2) is 0 Å². The van der Waals surface area contributed by atoms with Gasteiger partial charge in [-0.2, -0.15) is 0 Å². The van der Waals surface area contributed by atoms with Crippen LogP contribution in [0.3, 0.4) is 0 Å². The molecule has 1 heterocycles. The molecular formula is C18H24N2. The maximum absolute atomic E-state index is 4.56. The van der Waals surface area contributed by atoms with Crippen LogP contribution in [0.25, 0.3) is 0 Å². The predicted octanol–water partition coefficient (Wildman–Crippen LogP) is 3.73. The van der Waals surface area contributed by atoms with Gasteiger partial charge in [0.2, 0.25) is 0 Å². The fourth-order valence-electron chi connectivity index (χ4n) is 2.44. The molecule has 2 aromatic rings. The van der Waals surface area contributed by atoms with Gasteiger partial charge in [-0.1, -0.05) is 37.3 Å². The molecule has 0 N–H and O–H groups in total. The molecule has 0 aliphatic heterocycles. The zero-order valence-corrected chi connectivity index (χ0v) is 12.7. The lowest BCUT2D eigenvalue weighted by Crippen LogP contribution is -2.17. The second-order valence-electron chi connectivity index (χ2n) is 5.49. The van der Waals surface area contributed by atoms with E-state index in [1.807, 2.05) is 12.3 Å². The highest BCUT2D eigenvalue weighted by Crippen LogP contribution is 2.27. The average molecular weight is 268 g/mol. The van der Waals surface area contributed by atoms with Gasteiger partial charge in [0.1, 0.15) is 0 Å². The molecule has 0 radical (unpaired) electrons. The monoisotopic (exact) mass is 268 g/mol. The summed E-state index contributed by atoms with van der Waals surface area (Å²) in [4.78, 5) is 6.79. The van der Waals surface area contributed by atoms with Gasteiger partial charge in [0, 0.05) is 17.8 Å². The molecular weight excluding hydrogens is 244 g/mol. The maximum atomic E-state index is 4.56. The third kappa shape index (κ3) is 3.91. The molecule has 2 nitrogen and oxygen atoms in total. The summed E-state index contributed by atoms with van der Waals surface area (Å²) in [6.07, 6.45) is 4.07. The molecule has 0 amide bonds. The Balaban J connectivity index is 2.25. The lowest BCUT2D eigenvalue weighted by molar-refractivity contribution is 0.389. The summed E-state index contributed by atoms with van der Waals surface area (Å²) in [5.74, 6) is 0.379. The lowest BCUT2D eigenvalue weighted by Gasteiger charge is -2.19. The minimum atomic E-state index is 0.379. The zero-order chi connectivity index (χ0) is 14.4. The zero-order valence-electron chi connectivity index (χ0n) is 12.7. The largest absolute Gasteiger partial charge is 0.309 e. The number of aromatic nitrogens is 1. The molecule has 0 aliphatic carbocycles. The summed E-state index contributed by atoms with van der Waals surface area (Å²) in [5, 5.41) is 0. The van der Waals surface area contributed by atoms with Crippen molar-refractivity contribution >= 4 is 0 Å². The molecule has 0 unspecified atom stereocenters. The van der Waals surface area contributed by atoms with E-state index in [-0.39, 0.29) is 0 Å². The average Bonchev–Trinajstić information content (AvgIpc) is 2.49. The van der Waals surface area contributed by atoms with Gasteiger partial charge in [-0.05, 0) is 56.7 Å². The smallest absolute Gasteiger partial charge is 0.0478 e. The summed E-state index contributed by atoms with van der Waals surface area (Å²) in [5.41, 5.74) is 3.92. The Hall–Kier alpha value is -1.67. The molecule has 0 saturated heterocycles. The second-order valence-corrected chi connectivity index (χ2v) is 5.49. The van der Waals surface area contributed by atoms with Gasteiger partial charge in [-0.25, -0.2) is 0 Å². The molecule has 20 heavy (non-hydrogen) atoms. The standard InChI is InChI=1S/C18H24N2/c1-4-15-8-10-16(11-9-15)17(12-14-20(2)3)18-7-5-6-13-19-18/h5-11,13,17H,4,12,14H2,1-3H3/t17-/m0/s1. The Morgan fingerprint density at radius 1 is 1.05 bits per heavy atom. The third-order valence-electron chi connectivity index (χ3n) is 3.70. The van der Waals surface area contributed by atoms with Crippen molar-refractivity contribution in [3.8, 4) is 0 Å². The van der Waals surface area contributed by atoms with Gasteiger partial charge in [-0.3, -0.25) is 4.98 Å². The van der Waals surface area contributed by atoms with Crippen molar-refractivity contribution in [2.45, 2.75) is 25.7 Å². The molecule has 1 aromatic carbocycles. The van der Waals surface area contributed by atoms with E-state index in [4.69, 9.17) is 0 Å². The summed E-state index contributed by atoms with van der Waals surface area (Å²) in [7, 11) is 4.24. The molecule has 0 spiro atoms. The highest BCUT2D eigenvalue weighted by atomic mass is 15.0. The predicted molar refractivity (Wildman–Crippen MR) is 85.1 cm³/mol. The molecule has 1 aromatic heterocycles. The third-order valence-corrected chi connectivity index (χ3v) is 3.70. The van der Waals surface area contributed by atoms with Crippen molar-refractivity contribution in [2.24, 2.45) is 0 Å². The lowest BCUT2D eigenvalue weighted by atomic mass is 9.91. The van der Waals surface area contributed by atoms with E-state index in [0.717, 1.165) is 19.4 Å². The molecule has 0 saturated carbocycles. The van der Waals surface area contributed by atoms with E-state index in [9.17, 15) is 0 Å². The first-order chi connectivity index (χ1) is 9.70. The number of aryl methyl sites for hydroxylation is 1. The molecule has 1 atom stereocenters. The molecule has 2 rings (SSSR count). The summed E-state index contributed by atoms with van der Waals surface area (Å²) < 4.78 is 0. The van der Waals surface area contributed by atoms with Crippen LogP contribution in [-0.2, 0) is 6.42 Å². The van der Waals surface area contributed by atoms with E-state index in [1.165, 1.54) is 16.8 Å². The van der Waals surface area contributed by atoms with Crippen molar-refractivity contribution in [1.29, 1.82) is 0 Å². The van der Waals surface area contributed by atoms with Crippen molar-refractivity contribution in [1.82, 2.24) is 9.88 Å². The van der Waals surface area contributed by atoms with Gasteiger partial charge in [0.05, 0.1) is 0 Å². The summed E-state index contributed by atoms with van der Waals surface area (Å²) in [6.45, 7) is 3.26. The first-order valence-corrected chi connectivity index (χ1v) is 7.35. The first-order valence-electron chi connectivity index (χ1n) is 7.35. The van der Waals surface area contributed by atoms with Gasteiger partial charge in [0.25, 0.3) is 0 Å². The number of hydrogen-bond acceptors (Lipinski definition) is 2. The van der Waals surface area contributed by atoms with Crippen LogP contribution in [0.1, 0.15) is 36.1 Å². The van der Waals surface area contributed by atoms with Crippen LogP contribution in [0.15, 0.2) is 48.7 Å². The fraction of sp³-hybridized carbons (Fsp3) is 0.389.